The summed E-state index contributed by atoms with van der Waals surface area (Å²) in [5, 5.41) is 2.63. The Hall–Kier alpha value is -1.51. The Morgan fingerprint density at radius 3 is 3.00 bits per heavy atom. The second-order valence-electron chi connectivity index (χ2n) is 2.76. The number of carbonyl (C=O) groups is 1. The summed E-state index contributed by atoms with van der Waals surface area (Å²) in [6.07, 6.45) is -0.517. The van der Waals surface area contributed by atoms with E-state index in [0.717, 1.165) is 11.3 Å². The van der Waals surface area contributed by atoms with Gasteiger partial charge in [-0.15, -0.1) is 0 Å². The fraction of sp³-hybridized carbons (Fsp3) is 0.222. The van der Waals surface area contributed by atoms with Gasteiger partial charge in [0.25, 0.3) is 0 Å². The first-order valence-electron chi connectivity index (χ1n) is 3.84. The van der Waals surface area contributed by atoms with Crippen molar-refractivity contribution in [2.45, 2.75) is 13.0 Å². The van der Waals surface area contributed by atoms with Crippen molar-refractivity contribution in [1.29, 1.82) is 0 Å². The van der Waals surface area contributed by atoms with Crippen LogP contribution in [0.1, 0.15) is 18.6 Å². The SMILES string of the molecule is C[C@H]1OC(=O)Nc2ccccc21. The molecule has 1 heterocycles. The van der Waals surface area contributed by atoms with Gasteiger partial charge in [-0.25, -0.2) is 4.79 Å². The fourth-order valence-electron chi connectivity index (χ4n) is 1.33. The number of nitrogens with one attached hydrogen (secondary N) is 1. The standard InChI is InChI=1S/C9H9NO2/c1-6-7-4-2-3-5-8(7)10-9(11)12-6/h2-6H,1H3,(H,10,11)/t6-/m1/s1. The lowest BCUT2D eigenvalue weighted by Gasteiger charge is -2.22. The molecule has 0 radical (unpaired) electrons. The Kier molecular flexibility index (Phi) is 1.50. The van der Waals surface area contributed by atoms with E-state index < -0.39 is 0 Å². The van der Waals surface area contributed by atoms with Crippen molar-refractivity contribution in [3.63, 3.8) is 0 Å². The van der Waals surface area contributed by atoms with Crippen LogP contribution in [-0.4, -0.2) is 6.09 Å². The van der Waals surface area contributed by atoms with Crippen LogP contribution in [0.25, 0.3) is 0 Å². The van der Waals surface area contributed by atoms with Crippen molar-refractivity contribution in [3.8, 4) is 0 Å². The van der Waals surface area contributed by atoms with Gasteiger partial charge in [-0.05, 0) is 13.0 Å². The van der Waals surface area contributed by atoms with E-state index in [1.807, 2.05) is 31.2 Å². The summed E-state index contributed by atoms with van der Waals surface area (Å²) < 4.78 is 4.96. The number of hydrogen-bond donors (Lipinski definition) is 1. The molecule has 1 aliphatic rings. The molecule has 0 fully saturated rings. The third-order valence-electron chi connectivity index (χ3n) is 1.92. The highest BCUT2D eigenvalue weighted by Gasteiger charge is 2.21. The molecule has 0 unspecified atom stereocenters. The van der Waals surface area contributed by atoms with Gasteiger partial charge in [0.1, 0.15) is 6.10 Å². The van der Waals surface area contributed by atoms with Crippen LogP contribution < -0.4 is 5.32 Å². The Morgan fingerprint density at radius 2 is 2.17 bits per heavy atom. The highest BCUT2D eigenvalue weighted by atomic mass is 16.6. The molecule has 0 aromatic heterocycles. The van der Waals surface area contributed by atoms with Crippen LogP contribution in [0.15, 0.2) is 24.3 Å². The van der Waals surface area contributed by atoms with E-state index in [1.165, 1.54) is 0 Å². The second kappa shape index (κ2) is 2.52. The molecule has 0 saturated carbocycles. The highest BCUT2D eigenvalue weighted by molar-refractivity contribution is 5.87. The first kappa shape index (κ1) is 7.16. The molecule has 1 aliphatic heterocycles. The Bertz CT molecular complexity index is 322. The van der Waals surface area contributed by atoms with Crippen molar-refractivity contribution in [1.82, 2.24) is 0 Å². The zero-order valence-corrected chi connectivity index (χ0v) is 6.70. The number of cyclic esters (lactones) is 1. The third kappa shape index (κ3) is 1.03. The monoisotopic (exact) mass is 163 g/mol. The van der Waals surface area contributed by atoms with E-state index in [-0.39, 0.29) is 12.2 Å². The lowest BCUT2D eigenvalue weighted by Crippen LogP contribution is -2.22. The van der Waals surface area contributed by atoms with Crippen LogP contribution in [0.5, 0.6) is 0 Å². The molecule has 62 valence electrons. The molecule has 2 rings (SSSR count). The quantitative estimate of drug-likeness (QED) is 0.637. The van der Waals surface area contributed by atoms with Crippen molar-refractivity contribution in [2.24, 2.45) is 0 Å². The maximum Gasteiger partial charge on any atom is 0.412 e. The maximum atomic E-state index is 10.9. The van der Waals surface area contributed by atoms with Crippen LogP contribution in [0, 0.1) is 0 Å². The summed E-state index contributed by atoms with van der Waals surface area (Å²) in [7, 11) is 0. The molecule has 1 atom stereocenters. The summed E-state index contributed by atoms with van der Waals surface area (Å²) in [6.45, 7) is 1.86. The number of anilines is 1. The molecule has 3 heteroatoms. The van der Waals surface area contributed by atoms with Crippen LogP contribution in [0.4, 0.5) is 10.5 Å². The summed E-state index contributed by atoms with van der Waals surface area (Å²) in [5.74, 6) is 0. The molecule has 3 nitrogen and oxygen atoms in total. The maximum absolute atomic E-state index is 10.9. The summed E-state index contributed by atoms with van der Waals surface area (Å²) in [6, 6.07) is 7.62. The van der Waals surface area contributed by atoms with Crippen LogP contribution in [0.3, 0.4) is 0 Å². The lowest BCUT2D eigenvalue weighted by atomic mass is 10.1. The Labute approximate surface area is 70.3 Å². The predicted molar refractivity (Wildman–Crippen MR) is 45.0 cm³/mol. The lowest BCUT2D eigenvalue weighted by molar-refractivity contribution is 0.116. The van der Waals surface area contributed by atoms with E-state index in [2.05, 4.69) is 5.32 Å². The molecule has 0 aliphatic carbocycles. The molecular weight excluding hydrogens is 154 g/mol. The second-order valence-corrected chi connectivity index (χ2v) is 2.76. The average Bonchev–Trinajstić information content (AvgIpc) is 2.04. The fourth-order valence-corrected chi connectivity index (χ4v) is 1.33. The van der Waals surface area contributed by atoms with Crippen molar-refractivity contribution in [2.75, 3.05) is 5.32 Å². The first-order valence-corrected chi connectivity index (χ1v) is 3.84. The van der Waals surface area contributed by atoms with Crippen molar-refractivity contribution >= 4 is 11.8 Å². The molecule has 0 bridgehead atoms. The van der Waals surface area contributed by atoms with E-state index in [0.29, 0.717) is 0 Å². The minimum absolute atomic E-state index is 0.144. The zero-order chi connectivity index (χ0) is 8.55. The minimum Gasteiger partial charge on any atom is -0.441 e. The molecule has 0 saturated heterocycles. The molecule has 1 amide bonds. The number of hydrogen-bond acceptors (Lipinski definition) is 2. The van der Waals surface area contributed by atoms with Crippen molar-refractivity contribution < 1.29 is 9.53 Å². The summed E-state index contributed by atoms with van der Waals surface area (Å²) in [4.78, 5) is 10.9. The Balaban J connectivity index is 2.47. The Morgan fingerprint density at radius 1 is 1.42 bits per heavy atom. The van der Waals surface area contributed by atoms with Gasteiger partial charge in [0, 0.05) is 5.56 Å². The number of fused-ring (bicyclic) bond motifs is 1. The number of para-hydroxylation sites is 1. The van der Waals surface area contributed by atoms with E-state index >= 15 is 0 Å². The number of carbonyl (C=O) groups excluding carboxylic acids is 1. The van der Waals surface area contributed by atoms with Crippen molar-refractivity contribution in [3.05, 3.63) is 29.8 Å². The van der Waals surface area contributed by atoms with E-state index in [4.69, 9.17) is 4.74 Å². The van der Waals surface area contributed by atoms with Gasteiger partial charge in [0.15, 0.2) is 0 Å². The molecule has 1 aromatic carbocycles. The molecule has 0 spiro atoms. The zero-order valence-electron chi connectivity index (χ0n) is 6.70. The molecular formula is C9H9NO2. The highest BCUT2D eigenvalue weighted by Crippen LogP contribution is 2.29. The molecule has 12 heavy (non-hydrogen) atoms. The number of rotatable bonds is 0. The van der Waals surface area contributed by atoms with E-state index in [9.17, 15) is 4.79 Å². The van der Waals surface area contributed by atoms with E-state index in [1.54, 1.807) is 0 Å². The first-order chi connectivity index (χ1) is 5.77. The minimum atomic E-state index is -0.374. The number of amides is 1. The van der Waals surface area contributed by atoms with Crippen LogP contribution in [-0.2, 0) is 4.74 Å². The summed E-state index contributed by atoms with van der Waals surface area (Å²) >= 11 is 0. The van der Waals surface area contributed by atoms with Crippen LogP contribution >= 0.6 is 0 Å². The van der Waals surface area contributed by atoms with Crippen LogP contribution in [0.2, 0.25) is 0 Å². The largest absolute Gasteiger partial charge is 0.441 e. The van der Waals surface area contributed by atoms with Gasteiger partial charge >= 0.3 is 6.09 Å². The topological polar surface area (TPSA) is 38.3 Å². The number of benzene rings is 1. The molecule has 1 aromatic rings. The van der Waals surface area contributed by atoms with Gasteiger partial charge in [-0.3, -0.25) is 5.32 Å². The predicted octanol–water partition coefficient (Wildman–Crippen LogP) is 2.31. The van der Waals surface area contributed by atoms with Gasteiger partial charge in [-0.1, -0.05) is 18.2 Å². The van der Waals surface area contributed by atoms with Gasteiger partial charge in [0.2, 0.25) is 0 Å². The summed E-state index contributed by atoms with van der Waals surface area (Å²) in [5.41, 5.74) is 1.87. The third-order valence-corrected chi connectivity index (χ3v) is 1.92. The smallest absolute Gasteiger partial charge is 0.412 e. The van der Waals surface area contributed by atoms with Gasteiger partial charge in [0.05, 0.1) is 5.69 Å². The average molecular weight is 163 g/mol. The number of ether oxygens (including phenoxy) is 1. The molecule has 1 N–H and O–H groups in total. The normalized spacial score (nSPS) is 20.8. The van der Waals surface area contributed by atoms with Gasteiger partial charge in [-0.2, -0.15) is 0 Å². The van der Waals surface area contributed by atoms with Gasteiger partial charge < -0.3 is 4.74 Å².